The van der Waals surface area contributed by atoms with Gasteiger partial charge in [-0.1, -0.05) is 44.0 Å². The van der Waals surface area contributed by atoms with Gasteiger partial charge >= 0.3 is 0 Å². The number of nitrogens with zero attached hydrogens (tertiary/aromatic N) is 2. The van der Waals surface area contributed by atoms with E-state index in [1.54, 1.807) is 16.7 Å². The molecule has 0 atom stereocenters. The number of aromatic nitrogens is 2. The van der Waals surface area contributed by atoms with Gasteiger partial charge in [0.15, 0.2) is 0 Å². The minimum absolute atomic E-state index is 0.0850. The van der Waals surface area contributed by atoms with E-state index in [9.17, 15) is 4.79 Å². The highest BCUT2D eigenvalue weighted by Gasteiger charge is 2.16. The van der Waals surface area contributed by atoms with Crippen LogP contribution in [0.15, 0.2) is 51.4 Å². The number of imidazole rings is 1. The van der Waals surface area contributed by atoms with Gasteiger partial charge in [-0.05, 0) is 37.3 Å². The number of halogens is 2. The summed E-state index contributed by atoms with van der Waals surface area (Å²) in [6.07, 6.45) is 0. The molecule has 0 saturated carbocycles. The lowest BCUT2D eigenvalue weighted by Gasteiger charge is -2.06. The van der Waals surface area contributed by atoms with Crippen LogP contribution in [0.1, 0.15) is 16.2 Å². The molecule has 0 amide bonds. The molecule has 0 aliphatic rings. The summed E-state index contributed by atoms with van der Waals surface area (Å²) >= 11 is 6.81. The molecule has 0 unspecified atom stereocenters. The van der Waals surface area contributed by atoms with Crippen LogP contribution >= 0.6 is 31.9 Å². The van der Waals surface area contributed by atoms with Crippen LogP contribution in [-0.4, -0.2) is 15.5 Å². The summed E-state index contributed by atoms with van der Waals surface area (Å²) in [6.45, 7) is 1.84. The van der Waals surface area contributed by atoms with Gasteiger partial charge in [0, 0.05) is 14.5 Å². The molecule has 100 valence electrons. The second-order valence-electron chi connectivity index (χ2n) is 4.45. The molecule has 1 heterocycles. The Hall–Kier alpha value is -1.46. The maximum atomic E-state index is 12.7. The van der Waals surface area contributed by atoms with Gasteiger partial charge < -0.3 is 0 Å². The summed E-state index contributed by atoms with van der Waals surface area (Å²) in [4.78, 5) is 17.2. The third-order valence-electron chi connectivity index (χ3n) is 3.04. The Morgan fingerprint density at radius 3 is 2.45 bits per heavy atom. The van der Waals surface area contributed by atoms with Crippen LogP contribution in [0, 0.1) is 6.92 Å². The predicted octanol–water partition coefficient (Wildman–Crippen LogP) is 4.56. The maximum absolute atomic E-state index is 12.7. The number of benzene rings is 2. The largest absolute Gasteiger partial charge is 0.268 e. The third kappa shape index (κ3) is 2.31. The summed E-state index contributed by atoms with van der Waals surface area (Å²) in [5.41, 5.74) is 2.26. The zero-order valence-corrected chi connectivity index (χ0v) is 13.8. The fourth-order valence-corrected chi connectivity index (χ4v) is 3.50. The third-order valence-corrected chi connectivity index (χ3v) is 3.96. The molecule has 3 rings (SSSR count). The molecule has 3 nitrogen and oxygen atoms in total. The summed E-state index contributed by atoms with van der Waals surface area (Å²) < 4.78 is 3.36. The van der Waals surface area contributed by atoms with E-state index < -0.39 is 0 Å². The van der Waals surface area contributed by atoms with E-state index in [1.165, 1.54) is 0 Å². The van der Waals surface area contributed by atoms with Crippen molar-refractivity contribution in [1.29, 1.82) is 0 Å². The molecular weight excluding hydrogens is 384 g/mol. The number of para-hydroxylation sites is 2. The Kier molecular flexibility index (Phi) is 3.48. The monoisotopic (exact) mass is 392 g/mol. The molecule has 0 aliphatic carbocycles. The SMILES string of the molecule is Cc1nc2ccccc2n1C(=O)c1cc(Br)cc(Br)c1. The van der Waals surface area contributed by atoms with E-state index in [1.807, 2.05) is 37.3 Å². The molecule has 0 radical (unpaired) electrons. The van der Waals surface area contributed by atoms with Gasteiger partial charge in [-0.3, -0.25) is 9.36 Å². The standard InChI is InChI=1S/C15H10Br2N2O/c1-9-18-13-4-2-3-5-14(13)19(9)15(20)10-6-11(16)8-12(17)7-10/h2-8H,1H3. The van der Waals surface area contributed by atoms with Crippen molar-refractivity contribution >= 4 is 48.8 Å². The van der Waals surface area contributed by atoms with Crippen molar-refractivity contribution in [3.05, 3.63) is 62.8 Å². The molecule has 0 saturated heterocycles. The van der Waals surface area contributed by atoms with Crippen LogP contribution in [0.5, 0.6) is 0 Å². The van der Waals surface area contributed by atoms with E-state index in [4.69, 9.17) is 0 Å². The number of hydrogen-bond donors (Lipinski definition) is 0. The average Bonchev–Trinajstić information content (AvgIpc) is 2.72. The molecular formula is C15H10Br2N2O. The van der Waals surface area contributed by atoms with Crippen molar-refractivity contribution in [3.8, 4) is 0 Å². The summed E-state index contributed by atoms with van der Waals surface area (Å²) in [5, 5.41) is 0. The maximum Gasteiger partial charge on any atom is 0.263 e. The predicted molar refractivity (Wildman–Crippen MR) is 86.0 cm³/mol. The summed E-state index contributed by atoms with van der Waals surface area (Å²) in [7, 11) is 0. The molecule has 0 bridgehead atoms. The molecule has 1 aromatic heterocycles. The van der Waals surface area contributed by atoms with Crippen LogP contribution in [-0.2, 0) is 0 Å². The molecule has 20 heavy (non-hydrogen) atoms. The second-order valence-corrected chi connectivity index (χ2v) is 6.28. The lowest BCUT2D eigenvalue weighted by atomic mass is 10.2. The lowest BCUT2D eigenvalue weighted by molar-refractivity contribution is 0.0962. The molecule has 0 spiro atoms. The Labute approximate surface area is 132 Å². The minimum atomic E-state index is -0.0850. The van der Waals surface area contributed by atoms with E-state index in [0.29, 0.717) is 11.4 Å². The average molecular weight is 394 g/mol. The lowest BCUT2D eigenvalue weighted by Crippen LogP contribution is -2.13. The van der Waals surface area contributed by atoms with Crippen molar-refractivity contribution < 1.29 is 4.79 Å². The zero-order chi connectivity index (χ0) is 14.3. The van der Waals surface area contributed by atoms with Gasteiger partial charge in [0.1, 0.15) is 5.82 Å². The number of carbonyl (C=O) groups excluding carboxylic acids is 1. The van der Waals surface area contributed by atoms with E-state index >= 15 is 0 Å². The van der Waals surface area contributed by atoms with Crippen LogP contribution in [0.2, 0.25) is 0 Å². The van der Waals surface area contributed by atoms with Gasteiger partial charge in [0.2, 0.25) is 0 Å². The Bertz CT molecular complexity index is 804. The Morgan fingerprint density at radius 1 is 1.10 bits per heavy atom. The van der Waals surface area contributed by atoms with Crippen molar-refractivity contribution in [2.45, 2.75) is 6.92 Å². The number of rotatable bonds is 1. The first-order valence-corrected chi connectivity index (χ1v) is 7.60. The van der Waals surface area contributed by atoms with Crippen molar-refractivity contribution in [1.82, 2.24) is 9.55 Å². The molecule has 5 heteroatoms. The number of aryl methyl sites for hydroxylation is 1. The fourth-order valence-electron chi connectivity index (χ4n) is 2.21. The second kappa shape index (κ2) is 5.14. The highest BCUT2D eigenvalue weighted by Crippen LogP contribution is 2.23. The first kappa shape index (κ1) is 13.5. The smallest absolute Gasteiger partial charge is 0.263 e. The van der Waals surface area contributed by atoms with Gasteiger partial charge in [-0.25, -0.2) is 4.98 Å². The van der Waals surface area contributed by atoms with Crippen LogP contribution in [0.4, 0.5) is 0 Å². The molecule has 3 aromatic rings. The van der Waals surface area contributed by atoms with Crippen molar-refractivity contribution in [2.75, 3.05) is 0 Å². The van der Waals surface area contributed by atoms with E-state index in [0.717, 1.165) is 20.0 Å². The van der Waals surface area contributed by atoms with Gasteiger partial charge in [0.25, 0.3) is 5.91 Å². The number of hydrogen-bond acceptors (Lipinski definition) is 2. The van der Waals surface area contributed by atoms with Gasteiger partial charge in [-0.15, -0.1) is 0 Å². The number of fused-ring (bicyclic) bond motifs is 1. The molecule has 2 aromatic carbocycles. The highest BCUT2D eigenvalue weighted by molar-refractivity contribution is 9.11. The van der Waals surface area contributed by atoms with Crippen LogP contribution < -0.4 is 0 Å². The molecule has 0 N–H and O–H groups in total. The number of carbonyl (C=O) groups is 1. The fraction of sp³-hybridized carbons (Fsp3) is 0.0667. The van der Waals surface area contributed by atoms with Crippen molar-refractivity contribution in [3.63, 3.8) is 0 Å². The normalized spacial score (nSPS) is 10.9. The van der Waals surface area contributed by atoms with Crippen LogP contribution in [0.3, 0.4) is 0 Å². The quantitative estimate of drug-likeness (QED) is 0.607. The highest BCUT2D eigenvalue weighted by atomic mass is 79.9. The Morgan fingerprint density at radius 2 is 1.75 bits per heavy atom. The van der Waals surface area contributed by atoms with E-state index in [-0.39, 0.29) is 5.91 Å². The molecule has 0 aliphatic heterocycles. The summed E-state index contributed by atoms with van der Waals surface area (Å²) in [5.74, 6) is 0.602. The first-order chi connectivity index (χ1) is 9.56. The van der Waals surface area contributed by atoms with Crippen LogP contribution in [0.25, 0.3) is 11.0 Å². The topological polar surface area (TPSA) is 34.9 Å². The van der Waals surface area contributed by atoms with Crippen molar-refractivity contribution in [2.24, 2.45) is 0 Å². The minimum Gasteiger partial charge on any atom is -0.268 e. The van der Waals surface area contributed by atoms with E-state index in [2.05, 4.69) is 36.8 Å². The summed E-state index contributed by atoms with van der Waals surface area (Å²) in [6, 6.07) is 13.1. The molecule has 0 fully saturated rings. The zero-order valence-electron chi connectivity index (χ0n) is 10.6. The Balaban J connectivity index is 2.20. The van der Waals surface area contributed by atoms with Gasteiger partial charge in [0.05, 0.1) is 11.0 Å². The van der Waals surface area contributed by atoms with Gasteiger partial charge in [-0.2, -0.15) is 0 Å². The first-order valence-electron chi connectivity index (χ1n) is 6.01.